The van der Waals surface area contributed by atoms with Crippen LogP contribution in [-0.2, 0) is 16.1 Å². The number of carbonyl (C=O) groups is 1. The summed E-state index contributed by atoms with van der Waals surface area (Å²) in [4.78, 5) is 16.3. The number of carbonyl (C=O) groups excluding carboxylic acids is 1. The number of rotatable bonds is 9. The Morgan fingerprint density at radius 2 is 1.82 bits per heavy atom. The van der Waals surface area contributed by atoms with Gasteiger partial charge >= 0.3 is 0 Å². The molecule has 28 heavy (non-hydrogen) atoms. The lowest BCUT2D eigenvalue weighted by Gasteiger charge is -2.33. The number of benzene rings is 1. The molecule has 1 aliphatic rings. The SMILES string of the molecule is COCCNC(=O)CN1CCN(Cc2nnc(-c3ccc(OC)cc3)o2)CC1. The van der Waals surface area contributed by atoms with E-state index in [1.165, 1.54) is 0 Å². The second-order valence-electron chi connectivity index (χ2n) is 6.62. The van der Waals surface area contributed by atoms with Gasteiger partial charge in [0.2, 0.25) is 17.7 Å². The Hall–Kier alpha value is -2.49. The number of hydrogen-bond donors (Lipinski definition) is 1. The topological polar surface area (TPSA) is 93.0 Å². The molecule has 1 aliphatic heterocycles. The van der Waals surface area contributed by atoms with Gasteiger partial charge in [-0.25, -0.2) is 0 Å². The van der Waals surface area contributed by atoms with E-state index in [0.29, 0.717) is 38.0 Å². The third-order valence-electron chi connectivity index (χ3n) is 4.62. The summed E-state index contributed by atoms with van der Waals surface area (Å²) in [5.41, 5.74) is 0.865. The molecular weight excluding hydrogens is 362 g/mol. The van der Waals surface area contributed by atoms with E-state index >= 15 is 0 Å². The van der Waals surface area contributed by atoms with E-state index < -0.39 is 0 Å². The van der Waals surface area contributed by atoms with Crippen molar-refractivity contribution in [2.45, 2.75) is 6.54 Å². The van der Waals surface area contributed by atoms with Crippen molar-refractivity contribution >= 4 is 5.91 Å². The molecule has 1 saturated heterocycles. The van der Waals surface area contributed by atoms with Gasteiger partial charge in [0, 0.05) is 45.4 Å². The summed E-state index contributed by atoms with van der Waals surface area (Å²) in [5, 5.41) is 11.1. The van der Waals surface area contributed by atoms with Crippen molar-refractivity contribution in [2.24, 2.45) is 0 Å². The second-order valence-corrected chi connectivity index (χ2v) is 6.62. The predicted molar refractivity (Wildman–Crippen MR) is 103 cm³/mol. The van der Waals surface area contributed by atoms with Gasteiger partial charge < -0.3 is 19.2 Å². The maximum Gasteiger partial charge on any atom is 0.247 e. The fourth-order valence-electron chi connectivity index (χ4n) is 3.02. The lowest BCUT2D eigenvalue weighted by molar-refractivity contribution is -0.122. The third-order valence-corrected chi connectivity index (χ3v) is 4.62. The molecule has 0 radical (unpaired) electrons. The summed E-state index contributed by atoms with van der Waals surface area (Å²) in [7, 11) is 3.25. The minimum absolute atomic E-state index is 0.0338. The average molecular weight is 389 g/mol. The lowest BCUT2D eigenvalue weighted by Crippen LogP contribution is -2.49. The standard InChI is InChI=1S/C19H27N5O4/c1-26-12-7-20-17(25)13-23-8-10-24(11-9-23)14-18-21-22-19(28-18)15-3-5-16(27-2)6-4-15/h3-6H,7-14H2,1-2H3,(H,20,25). The summed E-state index contributed by atoms with van der Waals surface area (Å²) in [5.74, 6) is 1.92. The first kappa shape index (κ1) is 20.2. The molecule has 3 rings (SSSR count). The Morgan fingerprint density at radius 3 is 2.50 bits per heavy atom. The third kappa shape index (κ3) is 5.75. The van der Waals surface area contributed by atoms with Crippen LogP contribution in [0.15, 0.2) is 28.7 Å². The summed E-state index contributed by atoms with van der Waals surface area (Å²) in [6.45, 7) is 5.47. The number of piperazine rings is 1. The summed E-state index contributed by atoms with van der Waals surface area (Å²) in [6.07, 6.45) is 0. The number of ether oxygens (including phenoxy) is 2. The van der Waals surface area contributed by atoms with Gasteiger partial charge in [-0.05, 0) is 24.3 Å². The molecule has 0 saturated carbocycles. The number of aromatic nitrogens is 2. The maximum absolute atomic E-state index is 11.9. The molecule has 9 nitrogen and oxygen atoms in total. The lowest BCUT2D eigenvalue weighted by atomic mass is 10.2. The molecule has 0 atom stereocenters. The van der Waals surface area contributed by atoms with Crippen molar-refractivity contribution in [3.63, 3.8) is 0 Å². The van der Waals surface area contributed by atoms with Crippen LogP contribution in [0.25, 0.3) is 11.5 Å². The molecule has 2 aromatic rings. The van der Waals surface area contributed by atoms with Crippen LogP contribution in [0.2, 0.25) is 0 Å². The van der Waals surface area contributed by atoms with E-state index in [-0.39, 0.29) is 5.91 Å². The highest BCUT2D eigenvalue weighted by Crippen LogP contribution is 2.21. The Kier molecular flexibility index (Phi) is 7.35. The van der Waals surface area contributed by atoms with E-state index in [1.807, 2.05) is 24.3 Å². The van der Waals surface area contributed by atoms with Crippen molar-refractivity contribution in [1.29, 1.82) is 0 Å². The minimum atomic E-state index is 0.0338. The van der Waals surface area contributed by atoms with Crippen molar-refractivity contribution < 1.29 is 18.7 Å². The molecule has 1 aromatic carbocycles. The predicted octanol–water partition coefficient (Wildman–Crippen LogP) is 0.625. The van der Waals surface area contributed by atoms with Crippen molar-refractivity contribution in [3.8, 4) is 17.2 Å². The highest BCUT2D eigenvalue weighted by molar-refractivity contribution is 5.78. The first-order valence-corrected chi connectivity index (χ1v) is 9.35. The molecule has 0 unspecified atom stereocenters. The van der Waals surface area contributed by atoms with Crippen LogP contribution in [0.1, 0.15) is 5.89 Å². The van der Waals surface area contributed by atoms with Gasteiger partial charge in [0.05, 0.1) is 26.8 Å². The van der Waals surface area contributed by atoms with E-state index in [4.69, 9.17) is 13.9 Å². The first-order valence-electron chi connectivity index (χ1n) is 9.35. The van der Waals surface area contributed by atoms with Crippen molar-refractivity contribution in [3.05, 3.63) is 30.2 Å². The van der Waals surface area contributed by atoms with Crippen molar-refractivity contribution in [2.75, 3.05) is 60.1 Å². The molecule has 9 heteroatoms. The van der Waals surface area contributed by atoms with Crippen LogP contribution in [0, 0.1) is 0 Å². The quantitative estimate of drug-likeness (QED) is 0.624. The number of nitrogens with one attached hydrogen (secondary N) is 1. The Bertz CT molecular complexity index is 741. The zero-order valence-corrected chi connectivity index (χ0v) is 16.4. The molecule has 0 bridgehead atoms. The average Bonchev–Trinajstić information content (AvgIpc) is 3.18. The number of nitrogens with zero attached hydrogens (tertiary/aromatic N) is 4. The maximum atomic E-state index is 11.9. The molecule has 1 N–H and O–H groups in total. The molecule has 1 aromatic heterocycles. The van der Waals surface area contributed by atoms with Crippen LogP contribution >= 0.6 is 0 Å². The number of amides is 1. The number of hydrogen-bond acceptors (Lipinski definition) is 8. The largest absolute Gasteiger partial charge is 0.497 e. The van der Waals surface area contributed by atoms with E-state index in [9.17, 15) is 4.79 Å². The van der Waals surface area contributed by atoms with Crippen LogP contribution in [0.5, 0.6) is 5.75 Å². The molecule has 1 fully saturated rings. The fourth-order valence-corrected chi connectivity index (χ4v) is 3.02. The van der Waals surface area contributed by atoms with Crippen LogP contribution in [0.3, 0.4) is 0 Å². The smallest absolute Gasteiger partial charge is 0.247 e. The van der Waals surface area contributed by atoms with Crippen LogP contribution in [-0.4, -0.2) is 86.0 Å². The highest BCUT2D eigenvalue weighted by Gasteiger charge is 2.20. The fraction of sp³-hybridized carbons (Fsp3) is 0.526. The highest BCUT2D eigenvalue weighted by atomic mass is 16.5. The summed E-state index contributed by atoms with van der Waals surface area (Å²) >= 11 is 0. The van der Waals surface area contributed by atoms with E-state index in [1.54, 1.807) is 14.2 Å². The van der Waals surface area contributed by atoms with Gasteiger partial charge in [-0.15, -0.1) is 10.2 Å². The normalized spacial score (nSPS) is 15.5. The van der Waals surface area contributed by atoms with Crippen LogP contribution in [0.4, 0.5) is 0 Å². The van der Waals surface area contributed by atoms with Crippen molar-refractivity contribution in [1.82, 2.24) is 25.3 Å². The Morgan fingerprint density at radius 1 is 1.11 bits per heavy atom. The zero-order valence-electron chi connectivity index (χ0n) is 16.4. The Labute approximate surface area is 164 Å². The molecule has 0 spiro atoms. The summed E-state index contributed by atoms with van der Waals surface area (Å²) < 4.78 is 15.9. The van der Waals surface area contributed by atoms with Gasteiger partial charge in [-0.2, -0.15) is 0 Å². The first-order chi connectivity index (χ1) is 13.7. The molecular formula is C19H27N5O4. The molecule has 2 heterocycles. The van der Waals surface area contributed by atoms with E-state index in [0.717, 1.165) is 37.5 Å². The van der Waals surface area contributed by atoms with Gasteiger partial charge in [-0.1, -0.05) is 0 Å². The van der Waals surface area contributed by atoms with Gasteiger partial charge in [0.25, 0.3) is 0 Å². The minimum Gasteiger partial charge on any atom is -0.497 e. The van der Waals surface area contributed by atoms with Crippen LogP contribution < -0.4 is 10.1 Å². The second kappa shape index (κ2) is 10.2. The zero-order chi connectivity index (χ0) is 19.8. The summed E-state index contributed by atoms with van der Waals surface area (Å²) in [6, 6.07) is 7.52. The molecule has 152 valence electrons. The molecule has 0 aliphatic carbocycles. The molecule has 1 amide bonds. The monoisotopic (exact) mass is 389 g/mol. The van der Waals surface area contributed by atoms with Gasteiger partial charge in [-0.3, -0.25) is 14.6 Å². The number of methoxy groups -OCH3 is 2. The van der Waals surface area contributed by atoms with Gasteiger partial charge in [0.1, 0.15) is 5.75 Å². The van der Waals surface area contributed by atoms with Gasteiger partial charge in [0.15, 0.2) is 0 Å². The van der Waals surface area contributed by atoms with E-state index in [2.05, 4.69) is 25.3 Å². The Balaban J connectivity index is 1.43.